The van der Waals surface area contributed by atoms with E-state index in [0.29, 0.717) is 33.6 Å². The van der Waals surface area contributed by atoms with Crippen molar-refractivity contribution in [1.29, 1.82) is 0 Å². The van der Waals surface area contributed by atoms with Gasteiger partial charge in [0.25, 0.3) is 0 Å². The summed E-state index contributed by atoms with van der Waals surface area (Å²) in [6, 6.07) is 12.4. The summed E-state index contributed by atoms with van der Waals surface area (Å²) in [7, 11) is 0. The molecule has 2 aromatic rings. The van der Waals surface area contributed by atoms with Gasteiger partial charge in [0, 0.05) is 33.5 Å². The second-order valence-corrected chi connectivity index (χ2v) is 6.33. The molecule has 2 rings (SSSR count). The largest absolute Gasteiger partial charge is 0.399 e. The monoisotopic (exact) mass is 340 g/mol. The van der Waals surface area contributed by atoms with Crippen LogP contribution in [0.25, 0.3) is 0 Å². The van der Waals surface area contributed by atoms with E-state index in [1.54, 1.807) is 36.4 Å². The molecule has 21 heavy (non-hydrogen) atoms. The number of thioether (sulfide) groups is 1. The lowest BCUT2D eigenvalue weighted by atomic mass is 10.3. The third kappa shape index (κ3) is 5.16. The van der Waals surface area contributed by atoms with Crippen molar-refractivity contribution in [3.63, 3.8) is 0 Å². The van der Waals surface area contributed by atoms with E-state index in [1.807, 2.05) is 6.07 Å². The molecule has 0 unspecified atom stereocenters. The zero-order valence-corrected chi connectivity index (χ0v) is 13.4. The summed E-state index contributed by atoms with van der Waals surface area (Å²) < 4.78 is 0. The first-order chi connectivity index (χ1) is 10.0. The molecule has 0 saturated carbocycles. The van der Waals surface area contributed by atoms with Gasteiger partial charge in [0.1, 0.15) is 0 Å². The predicted octanol–water partition coefficient (Wildman–Crippen LogP) is 4.70. The Balaban J connectivity index is 1.81. The maximum Gasteiger partial charge on any atom is 0.225 e. The van der Waals surface area contributed by atoms with Crippen molar-refractivity contribution in [2.24, 2.45) is 0 Å². The highest BCUT2D eigenvalue weighted by Crippen LogP contribution is 2.29. The Kier molecular flexibility index (Phi) is 5.79. The van der Waals surface area contributed by atoms with Gasteiger partial charge < -0.3 is 11.1 Å². The number of carbonyl (C=O) groups excluding carboxylic acids is 1. The highest BCUT2D eigenvalue weighted by molar-refractivity contribution is 7.99. The summed E-state index contributed by atoms with van der Waals surface area (Å²) in [6.07, 6.45) is 0.387. The van der Waals surface area contributed by atoms with Crippen LogP contribution in [0.2, 0.25) is 10.0 Å². The van der Waals surface area contributed by atoms with E-state index in [4.69, 9.17) is 28.9 Å². The van der Waals surface area contributed by atoms with Gasteiger partial charge in [0.05, 0.1) is 5.02 Å². The average Bonchev–Trinajstić information content (AvgIpc) is 2.41. The van der Waals surface area contributed by atoms with Crippen molar-refractivity contribution in [3.05, 3.63) is 52.5 Å². The summed E-state index contributed by atoms with van der Waals surface area (Å²) in [5.74, 6) is 0.576. The lowest BCUT2D eigenvalue weighted by molar-refractivity contribution is -0.115. The number of hydrogen-bond donors (Lipinski definition) is 2. The van der Waals surface area contributed by atoms with Crippen LogP contribution in [-0.4, -0.2) is 11.7 Å². The first-order valence-electron chi connectivity index (χ1n) is 6.28. The highest BCUT2D eigenvalue weighted by Gasteiger charge is 2.06. The standard InChI is InChI=1S/C15H14Cl2N2OS/c16-10-2-1-3-12(8-10)19-15(20)6-7-21-14-5-4-11(18)9-13(14)17/h1-5,8-9H,6-7,18H2,(H,19,20). The van der Waals surface area contributed by atoms with Crippen molar-refractivity contribution in [2.45, 2.75) is 11.3 Å². The topological polar surface area (TPSA) is 55.1 Å². The van der Waals surface area contributed by atoms with Crippen LogP contribution in [0.4, 0.5) is 11.4 Å². The molecule has 0 radical (unpaired) electrons. The first kappa shape index (κ1) is 16.0. The number of rotatable bonds is 5. The summed E-state index contributed by atoms with van der Waals surface area (Å²) in [5.41, 5.74) is 6.96. The molecule has 3 N–H and O–H groups in total. The van der Waals surface area contributed by atoms with E-state index in [0.717, 1.165) is 4.90 Å². The van der Waals surface area contributed by atoms with Crippen molar-refractivity contribution in [1.82, 2.24) is 0 Å². The Labute approximate surface area is 137 Å². The van der Waals surface area contributed by atoms with Crippen LogP contribution in [0.5, 0.6) is 0 Å². The molecule has 2 aromatic carbocycles. The average molecular weight is 341 g/mol. The fraction of sp³-hybridized carbons (Fsp3) is 0.133. The van der Waals surface area contributed by atoms with E-state index < -0.39 is 0 Å². The molecule has 0 bridgehead atoms. The molecule has 0 aliphatic rings. The Morgan fingerprint density at radius 1 is 1.19 bits per heavy atom. The summed E-state index contributed by atoms with van der Waals surface area (Å²) in [4.78, 5) is 12.8. The van der Waals surface area contributed by atoms with Crippen molar-refractivity contribution in [3.8, 4) is 0 Å². The fourth-order valence-corrected chi connectivity index (χ4v) is 3.09. The number of hydrogen-bond acceptors (Lipinski definition) is 3. The Morgan fingerprint density at radius 3 is 2.71 bits per heavy atom. The van der Waals surface area contributed by atoms with Crippen molar-refractivity contribution >= 4 is 52.2 Å². The quantitative estimate of drug-likeness (QED) is 0.612. The van der Waals surface area contributed by atoms with Gasteiger partial charge in [-0.05, 0) is 36.4 Å². The maximum atomic E-state index is 11.8. The number of anilines is 2. The molecule has 0 aliphatic heterocycles. The molecule has 3 nitrogen and oxygen atoms in total. The molecule has 0 aromatic heterocycles. The summed E-state index contributed by atoms with van der Waals surface area (Å²) >= 11 is 13.5. The third-order valence-corrected chi connectivity index (χ3v) is 4.39. The molecule has 1 amide bonds. The fourth-order valence-electron chi connectivity index (χ4n) is 1.68. The number of amides is 1. The molecule has 0 heterocycles. The Bertz CT molecular complexity index is 649. The summed E-state index contributed by atoms with van der Waals surface area (Å²) in [5, 5.41) is 4.00. The van der Waals surface area contributed by atoms with E-state index >= 15 is 0 Å². The zero-order chi connectivity index (χ0) is 15.2. The summed E-state index contributed by atoms with van der Waals surface area (Å²) in [6.45, 7) is 0. The van der Waals surface area contributed by atoms with Crippen LogP contribution in [-0.2, 0) is 4.79 Å². The van der Waals surface area contributed by atoms with Crippen LogP contribution in [0.3, 0.4) is 0 Å². The number of nitrogen functional groups attached to an aromatic ring is 1. The van der Waals surface area contributed by atoms with Crippen LogP contribution in [0.1, 0.15) is 6.42 Å². The van der Waals surface area contributed by atoms with Gasteiger partial charge in [-0.25, -0.2) is 0 Å². The SMILES string of the molecule is Nc1ccc(SCCC(=O)Nc2cccc(Cl)c2)c(Cl)c1. The maximum absolute atomic E-state index is 11.8. The van der Waals surface area contributed by atoms with E-state index in [9.17, 15) is 4.79 Å². The minimum Gasteiger partial charge on any atom is -0.399 e. The molecule has 0 saturated heterocycles. The van der Waals surface area contributed by atoms with Crippen molar-refractivity contribution < 1.29 is 4.79 Å². The van der Waals surface area contributed by atoms with Gasteiger partial charge >= 0.3 is 0 Å². The lowest BCUT2D eigenvalue weighted by Gasteiger charge is -2.07. The second kappa shape index (κ2) is 7.59. The second-order valence-electron chi connectivity index (χ2n) is 4.35. The normalized spacial score (nSPS) is 10.4. The number of benzene rings is 2. The smallest absolute Gasteiger partial charge is 0.225 e. The Morgan fingerprint density at radius 2 is 2.00 bits per heavy atom. The van der Waals surface area contributed by atoms with Crippen LogP contribution in [0.15, 0.2) is 47.4 Å². The molecule has 0 atom stereocenters. The van der Waals surface area contributed by atoms with E-state index in [2.05, 4.69) is 5.32 Å². The van der Waals surface area contributed by atoms with Crippen molar-refractivity contribution in [2.75, 3.05) is 16.8 Å². The first-order valence-corrected chi connectivity index (χ1v) is 8.02. The van der Waals surface area contributed by atoms with Gasteiger partial charge in [-0.2, -0.15) is 0 Å². The molecule has 110 valence electrons. The van der Waals surface area contributed by atoms with Crippen LogP contribution in [0, 0.1) is 0 Å². The number of halogens is 2. The third-order valence-electron chi connectivity index (χ3n) is 2.65. The lowest BCUT2D eigenvalue weighted by Crippen LogP contribution is -2.12. The van der Waals surface area contributed by atoms with Gasteiger partial charge in [-0.1, -0.05) is 29.3 Å². The number of nitrogens with one attached hydrogen (secondary N) is 1. The molecule has 0 aliphatic carbocycles. The highest BCUT2D eigenvalue weighted by atomic mass is 35.5. The predicted molar refractivity (Wildman–Crippen MR) is 91.3 cm³/mol. The van der Waals surface area contributed by atoms with Gasteiger partial charge in [0.2, 0.25) is 5.91 Å². The van der Waals surface area contributed by atoms with E-state index in [1.165, 1.54) is 11.8 Å². The minimum atomic E-state index is -0.0589. The van der Waals surface area contributed by atoms with Crippen LogP contribution < -0.4 is 11.1 Å². The molecular formula is C15H14Cl2N2OS. The molecule has 0 fully saturated rings. The zero-order valence-electron chi connectivity index (χ0n) is 11.1. The van der Waals surface area contributed by atoms with Gasteiger partial charge in [-0.15, -0.1) is 11.8 Å². The molecular weight excluding hydrogens is 327 g/mol. The Hall–Kier alpha value is -1.36. The molecule has 0 spiro atoms. The number of carbonyl (C=O) groups is 1. The van der Waals surface area contributed by atoms with Gasteiger partial charge in [0.15, 0.2) is 0 Å². The molecule has 6 heteroatoms. The van der Waals surface area contributed by atoms with Gasteiger partial charge in [-0.3, -0.25) is 4.79 Å². The number of nitrogens with two attached hydrogens (primary N) is 1. The van der Waals surface area contributed by atoms with Crippen LogP contribution >= 0.6 is 35.0 Å². The van der Waals surface area contributed by atoms with E-state index in [-0.39, 0.29) is 5.91 Å². The minimum absolute atomic E-state index is 0.0589.